The molecule has 0 saturated carbocycles. The van der Waals surface area contributed by atoms with Crippen LogP contribution in [0.15, 0.2) is 0 Å². The van der Waals surface area contributed by atoms with E-state index in [0.717, 1.165) is 63.7 Å². The highest BCUT2D eigenvalue weighted by molar-refractivity contribution is 5.71. The summed E-state index contributed by atoms with van der Waals surface area (Å²) >= 11 is 0. The Balaban J connectivity index is 4.29. The predicted molar refractivity (Wildman–Crippen MR) is 266 cm³/mol. The van der Waals surface area contributed by atoms with Gasteiger partial charge in [0, 0.05) is 19.3 Å². The topological polar surface area (TPSA) is 78.9 Å². The van der Waals surface area contributed by atoms with Gasteiger partial charge in [-0.15, -0.1) is 0 Å². The van der Waals surface area contributed by atoms with Crippen molar-refractivity contribution in [3.05, 3.63) is 0 Å². The second-order valence-electron chi connectivity index (χ2n) is 19.7. The van der Waals surface area contributed by atoms with Gasteiger partial charge in [0.15, 0.2) is 6.10 Å². The molecule has 0 aliphatic carbocycles. The SMILES string of the molecule is CCCCCCCCCCCCCCCCCCCC(=O)O[C@H](COC(=O)CCCCCCCCCCCCCCCCC)COC(=O)CCCCCCCCCCCC(C)C. The lowest BCUT2D eigenvalue weighted by molar-refractivity contribution is -0.167. The molecule has 0 spiro atoms. The number of carbonyl (C=O) groups is 3. The van der Waals surface area contributed by atoms with Crippen molar-refractivity contribution in [1.82, 2.24) is 0 Å². The molecule has 0 aliphatic rings. The van der Waals surface area contributed by atoms with Crippen molar-refractivity contribution < 1.29 is 28.6 Å². The molecule has 0 radical (unpaired) electrons. The zero-order valence-electron chi connectivity index (χ0n) is 42.3. The van der Waals surface area contributed by atoms with E-state index in [2.05, 4.69) is 27.7 Å². The first kappa shape index (κ1) is 60.4. The van der Waals surface area contributed by atoms with Crippen LogP contribution in [-0.2, 0) is 28.6 Å². The minimum absolute atomic E-state index is 0.0624. The van der Waals surface area contributed by atoms with Crippen molar-refractivity contribution in [3.8, 4) is 0 Å². The van der Waals surface area contributed by atoms with E-state index in [9.17, 15) is 14.4 Å². The average Bonchev–Trinajstić information content (AvgIpc) is 3.26. The summed E-state index contributed by atoms with van der Waals surface area (Å²) in [6.07, 6.45) is 53.8. The number of unbranched alkanes of at least 4 members (excludes halogenated alkanes) is 38. The highest BCUT2D eigenvalue weighted by atomic mass is 16.6. The maximum Gasteiger partial charge on any atom is 0.306 e. The standard InChI is InChI=1S/C56H108O6/c1-5-7-9-11-13-15-17-19-21-22-24-26-28-32-37-41-45-49-56(59)62-53(51-61-55(58)48-44-40-36-33-29-30-34-38-42-46-52(3)4)50-60-54(57)47-43-39-35-31-27-25-23-20-18-16-14-12-10-8-6-2/h52-53H,5-51H2,1-4H3/t53-/m1/s1. The van der Waals surface area contributed by atoms with Gasteiger partial charge in [0.1, 0.15) is 13.2 Å². The van der Waals surface area contributed by atoms with E-state index >= 15 is 0 Å². The van der Waals surface area contributed by atoms with Crippen LogP contribution in [0.25, 0.3) is 0 Å². The maximum absolute atomic E-state index is 12.8. The fourth-order valence-electron chi connectivity index (χ4n) is 8.57. The van der Waals surface area contributed by atoms with E-state index < -0.39 is 6.10 Å². The Hall–Kier alpha value is -1.59. The zero-order chi connectivity index (χ0) is 45.2. The van der Waals surface area contributed by atoms with Crippen LogP contribution in [0.2, 0.25) is 0 Å². The number of hydrogen-bond acceptors (Lipinski definition) is 6. The summed E-state index contributed by atoms with van der Waals surface area (Å²) in [6.45, 7) is 9.03. The van der Waals surface area contributed by atoms with E-state index in [1.54, 1.807) is 0 Å². The molecule has 0 fully saturated rings. The van der Waals surface area contributed by atoms with Gasteiger partial charge in [0.2, 0.25) is 0 Å². The average molecular weight is 877 g/mol. The molecule has 0 heterocycles. The van der Waals surface area contributed by atoms with Crippen molar-refractivity contribution in [2.45, 2.75) is 323 Å². The van der Waals surface area contributed by atoms with Gasteiger partial charge in [-0.05, 0) is 25.2 Å². The molecular weight excluding hydrogens is 769 g/mol. The summed E-state index contributed by atoms with van der Waals surface area (Å²) in [5.41, 5.74) is 0. The number of rotatable bonds is 51. The highest BCUT2D eigenvalue weighted by Crippen LogP contribution is 2.18. The van der Waals surface area contributed by atoms with E-state index in [4.69, 9.17) is 14.2 Å². The lowest BCUT2D eigenvalue weighted by Gasteiger charge is -2.18. The second kappa shape index (κ2) is 50.4. The zero-order valence-corrected chi connectivity index (χ0v) is 42.3. The number of ether oxygens (including phenoxy) is 3. The molecule has 6 nitrogen and oxygen atoms in total. The Bertz CT molecular complexity index is 933. The minimum atomic E-state index is -0.761. The molecule has 0 saturated heterocycles. The van der Waals surface area contributed by atoms with Crippen LogP contribution >= 0.6 is 0 Å². The van der Waals surface area contributed by atoms with Crippen LogP contribution < -0.4 is 0 Å². The monoisotopic (exact) mass is 877 g/mol. The third-order valence-electron chi connectivity index (χ3n) is 12.8. The third kappa shape index (κ3) is 49.4. The molecule has 6 heteroatoms. The Morgan fingerprint density at radius 3 is 0.790 bits per heavy atom. The fourth-order valence-corrected chi connectivity index (χ4v) is 8.57. The van der Waals surface area contributed by atoms with Gasteiger partial charge in [0.05, 0.1) is 0 Å². The lowest BCUT2D eigenvalue weighted by Crippen LogP contribution is -2.30. The van der Waals surface area contributed by atoms with Crippen molar-refractivity contribution in [1.29, 1.82) is 0 Å². The van der Waals surface area contributed by atoms with Crippen molar-refractivity contribution in [2.24, 2.45) is 5.92 Å². The minimum Gasteiger partial charge on any atom is -0.462 e. The van der Waals surface area contributed by atoms with Gasteiger partial charge in [-0.25, -0.2) is 0 Å². The molecule has 368 valence electrons. The summed E-state index contributed by atoms with van der Waals surface area (Å²) in [4.78, 5) is 38.0. The van der Waals surface area contributed by atoms with Crippen molar-refractivity contribution >= 4 is 17.9 Å². The molecule has 0 rings (SSSR count). The molecule has 0 amide bonds. The quantitative estimate of drug-likeness (QED) is 0.0344. The first-order chi connectivity index (χ1) is 30.4. The summed E-state index contributed by atoms with van der Waals surface area (Å²) in [5, 5.41) is 0. The summed E-state index contributed by atoms with van der Waals surface area (Å²) < 4.78 is 16.9. The summed E-state index contributed by atoms with van der Waals surface area (Å²) in [5.74, 6) is -0.0310. The van der Waals surface area contributed by atoms with Crippen LogP contribution in [0, 0.1) is 5.92 Å². The Morgan fingerprint density at radius 2 is 0.532 bits per heavy atom. The largest absolute Gasteiger partial charge is 0.462 e. The predicted octanol–water partition coefficient (Wildman–Crippen LogP) is 18.2. The van der Waals surface area contributed by atoms with Crippen LogP contribution in [-0.4, -0.2) is 37.2 Å². The van der Waals surface area contributed by atoms with E-state index in [-0.39, 0.29) is 31.1 Å². The van der Waals surface area contributed by atoms with Gasteiger partial charge >= 0.3 is 17.9 Å². The van der Waals surface area contributed by atoms with Crippen LogP contribution in [0.4, 0.5) is 0 Å². The van der Waals surface area contributed by atoms with Gasteiger partial charge in [-0.2, -0.15) is 0 Å². The number of hydrogen-bond donors (Lipinski definition) is 0. The normalized spacial score (nSPS) is 12.0. The Labute approximate surface area is 387 Å². The van der Waals surface area contributed by atoms with E-state index in [1.165, 1.54) is 212 Å². The molecule has 62 heavy (non-hydrogen) atoms. The summed E-state index contributed by atoms with van der Waals surface area (Å²) in [6, 6.07) is 0. The molecular formula is C56H108O6. The van der Waals surface area contributed by atoms with E-state index in [1.807, 2.05) is 0 Å². The lowest BCUT2D eigenvalue weighted by atomic mass is 10.0. The van der Waals surface area contributed by atoms with Gasteiger partial charge in [0.25, 0.3) is 0 Å². The van der Waals surface area contributed by atoms with Gasteiger partial charge < -0.3 is 14.2 Å². The van der Waals surface area contributed by atoms with Crippen LogP contribution in [0.5, 0.6) is 0 Å². The van der Waals surface area contributed by atoms with E-state index in [0.29, 0.717) is 19.3 Å². The van der Waals surface area contributed by atoms with Gasteiger partial charge in [-0.1, -0.05) is 278 Å². The molecule has 0 unspecified atom stereocenters. The van der Waals surface area contributed by atoms with Crippen LogP contribution in [0.3, 0.4) is 0 Å². The Morgan fingerprint density at radius 1 is 0.306 bits per heavy atom. The number of esters is 3. The molecule has 0 bridgehead atoms. The first-order valence-electron chi connectivity index (χ1n) is 27.9. The van der Waals surface area contributed by atoms with Gasteiger partial charge in [-0.3, -0.25) is 14.4 Å². The maximum atomic E-state index is 12.8. The molecule has 1 atom stereocenters. The first-order valence-corrected chi connectivity index (χ1v) is 27.9. The van der Waals surface area contributed by atoms with Crippen molar-refractivity contribution in [2.75, 3.05) is 13.2 Å². The summed E-state index contributed by atoms with van der Waals surface area (Å²) in [7, 11) is 0. The third-order valence-corrected chi connectivity index (χ3v) is 12.8. The molecule has 0 aromatic rings. The second-order valence-corrected chi connectivity index (χ2v) is 19.7. The van der Waals surface area contributed by atoms with Crippen molar-refractivity contribution in [3.63, 3.8) is 0 Å². The van der Waals surface area contributed by atoms with Crippen LogP contribution in [0.1, 0.15) is 317 Å². The number of carbonyl (C=O) groups excluding carboxylic acids is 3. The molecule has 0 aliphatic heterocycles. The smallest absolute Gasteiger partial charge is 0.306 e. The molecule has 0 aromatic carbocycles. The molecule has 0 N–H and O–H groups in total. The molecule has 0 aromatic heterocycles. The Kier molecular flexibility index (Phi) is 49.1. The highest BCUT2D eigenvalue weighted by Gasteiger charge is 2.19. The fraction of sp³-hybridized carbons (Fsp3) is 0.946.